The number of nitrogens with zero attached hydrogens (tertiary/aromatic N) is 2. The first-order valence-electron chi connectivity index (χ1n) is 5.57. The Labute approximate surface area is 124 Å². The lowest BCUT2D eigenvalue weighted by Gasteiger charge is -2.05. The van der Waals surface area contributed by atoms with Gasteiger partial charge in [-0.3, -0.25) is 10.1 Å². The van der Waals surface area contributed by atoms with Gasteiger partial charge in [-0.25, -0.2) is 0 Å². The molecule has 1 amide bonds. The van der Waals surface area contributed by atoms with E-state index in [1.807, 2.05) is 13.8 Å². The van der Waals surface area contributed by atoms with Crippen LogP contribution >= 0.6 is 34.5 Å². The zero-order valence-corrected chi connectivity index (χ0v) is 12.6. The van der Waals surface area contributed by atoms with E-state index >= 15 is 0 Å². The summed E-state index contributed by atoms with van der Waals surface area (Å²) < 4.78 is 0. The Morgan fingerprint density at radius 2 is 1.89 bits per heavy atom. The molecule has 4 nitrogen and oxygen atoms in total. The molecule has 0 fully saturated rings. The highest BCUT2D eigenvalue weighted by Crippen LogP contribution is 2.27. The third-order valence-electron chi connectivity index (χ3n) is 2.34. The molecule has 0 saturated carbocycles. The van der Waals surface area contributed by atoms with Gasteiger partial charge in [-0.15, -0.1) is 10.2 Å². The van der Waals surface area contributed by atoms with E-state index in [4.69, 9.17) is 23.2 Å². The number of nitrogens with one attached hydrogen (secondary N) is 1. The zero-order valence-electron chi connectivity index (χ0n) is 10.3. The number of hydrogen-bond acceptors (Lipinski definition) is 4. The highest BCUT2D eigenvalue weighted by Gasteiger charge is 2.17. The number of rotatable bonds is 3. The second-order valence-corrected chi connectivity index (χ2v) is 5.97. The molecule has 0 spiro atoms. The summed E-state index contributed by atoms with van der Waals surface area (Å²) in [5.74, 6) is -0.117. The fraction of sp³-hybridized carbons (Fsp3) is 0.250. The van der Waals surface area contributed by atoms with Crippen LogP contribution in [0.4, 0.5) is 5.13 Å². The molecule has 0 unspecified atom stereocenters. The Morgan fingerprint density at radius 3 is 2.42 bits per heavy atom. The lowest BCUT2D eigenvalue weighted by molar-refractivity contribution is 0.102. The van der Waals surface area contributed by atoms with Crippen molar-refractivity contribution in [2.75, 3.05) is 5.32 Å². The van der Waals surface area contributed by atoms with Gasteiger partial charge in [-0.05, 0) is 12.1 Å². The molecule has 0 aliphatic heterocycles. The molecule has 2 rings (SSSR count). The first-order chi connectivity index (χ1) is 8.99. The highest BCUT2D eigenvalue weighted by molar-refractivity contribution is 7.15. The SMILES string of the molecule is CC(C)c1nnc(NC(=O)c2c(Cl)cccc2Cl)s1. The third-order valence-corrected chi connectivity index (χ3v) is 4.11. The van der Waals surface area contributed by atoms with Crippen LogP contribution < -0.4 is 5.32 Å². The zero-order chi connectivity index (χ0) is 14.0. The normalized spacial score (nSPS) is 10.8. The van der Waals surface area contributed by atoms with Crippen molar-refractivity contribution in [3.63, 3.8) is 0 Å². The number of anilines is 1. The topological polar surface area (TPSA) is 54.9 Å². The van der Waals surface area contributed by atoms with Gasteiger partial charge in [0.05, 0.1) is 15.6 Å². The maximum atomic E-state index is 12.1. The van der Waals surface area contributed by atoms with Gasteiger partial charge in [0, 0.05) is 5.92 Å². The lowest BCUT2D eigenvalue weighted by atomic mass is 10.2. The van der Waals surface area contributed by atoms with E-state index < -0.39 is 0 Å². The molecular weight excluding hydrogens is 305 g/mol. The Hall–Kier alpha value is -1.17. The summed E-state index contributed by atoms with van der Waals surface area (Å²) in [6.07, 6.45) is 0. The summed E-state index contributed by atoms with van der Waals surface area (Å²) in [7, 11) is 0. The van der Waals surface area contributed by atoms with Crippen LogP contribution in [0.3, 0.4) is 0 Å². The summed E-state index contributed by atoms with van der Waals surface area (Å²) >= 11 is 13.3. The first-order valence-corrected chi connectivity index (χ1v) is 7.15. The van der Waals surface area contributed by atoms with Crippen molar-refractivity contribution in [2.45, 2.75) is 19.8 Å². The molecule has 19 heavy (non-hydrogen) atoms. The van der Waals surface area contributed by atoms with E-state index in [0.29, 0.717) is 15.2 Å². The molecule has 0 aliphatic carbocycles. The van der Waals surface area contributed by atoms with Crippen LogP contribution in [0.1, 0.15) is 35.1 Å². The Kier molecular flexibility index (Phi) is 4.39. The largest absolute Gasteiger partial charge is 0.296 e. The predicted molar refractivity (Wildman–Crippen MR) is 78.4 cm³/mol. The molecule has 1 aromatic carbocycles. The van der Waals surface area contributed by atoms with Crippen molar-refractivity contribution >= 4 is 45.6 Å². The average molecular weight is 316 g/mol. The number of halogens is 2. The minimum atomic E-state index is -0.387. The van der Waals surface area contributed by atoms with Crippen molar-refractivity contribution in [1.82, 2.24) is 10.2 Å². The Balaban J connectivity index is 2.21. The van der Waals surface area contributed by atoms with E-state index in [9.17, 15) is 4.79 Å². The van der Waals surface area contributed by atoms with Crippen molar-refractivity contribution in [2.24, 2.45) is 0 Å². The second-order valence-electron chi connectivity index (χ2n) is 4.15. The summed E-state index contributed by atoms with van der Waals surface area (Å²) in [4.78, 5) is 12.1. The number of carbonyl (C=O) groups excluding carboxylic acids is 1. The van der Waals surface area contributed by atoms with Crippen molar-refractivity contribution < 1.29 is 4.79 Å². The standard InChI is InChI=1S/C12H11Cl2N3OS/c1-6(2)11-16-17-12(19-11)15-10(18)9-7(13)4-3-5-8(9)14/h3-6H,1-2H3,(H,15,17,18). The van der Waals surface area contributed by atoms with Gasteiger partial charge in [0.2, 0.25) is 5.13 Å². The van der Waals surface area contributed by atoms with Gasteiger partial charge in [0.25, 0.3) is 5.91 Å². The van der Waals surface area contributed by atoms with E-state index in [2.05, 4.69) is 15.5 Å². The number of hydrogen-bond donors (Lipinski definition) is 1. The van der Waals surface area contributed by atoms with Gasteiger partial charge in [-0.2, -0.15) is 0 Å². The predicted octanol–water partition coefficient (Wildman–Crippen LogP) is 4.22. The molecule has 0 aliphatic rings. The minimum Gasteiger partial charge on any atom is -0.296 e. The average Bonchev–Trinajstić information content (AvgIpc) is 2.77. The van der Waals surface area contributed by atoms with Gasteiger partial charge in [0.1, 0.15) is 5.01 Å². The number of amides is 1. The molecule has 0 bridgehead atoms. The highest BCUT2D eigenvalue weighted by atomic mass is 35.5. The molecule has 0 atom stereocenters. The van der Waals surface area contributed by atoms with E-state index in [0.717, 1.165) is 5.01 Å². The van der Waals surface area contributed by atoms with Gasteiger partial charge in [-0.1, -0.05) is 54.5 Å². The van der Waals surface area contributed by atoms with Crippen LogP contribution in [0, 0.1) is 0 Å². The summed E-state index contributed by atoms with van der Waals surface area (Å²) in [6, 6.07) is 4.91. The number of aromatic nitrogens is 2. The van der Waals surface area contributed by atoms with Crippen LogP contribution in [-0.2, 0) is 0 Å². The lowest BCUT2D eigenvalue weighted by Crippen LogP contribution is -2.12. The van der Waals surface area contributed by atoms with E-state index in [-0.39, 0.29) is 17.4 Å². The van der Waals surface area contributed by atoms with E-state index in [1.165, 1.54) is 11.3 Å². The first kappa shape index (κ1) is 14.2. The van der Waals surface area contributed by atoms with Crippen molar-refractivity contribution in [3.8, 4) is 0 Å². The van der Waals surface area contributed by atoms with Crippen LogP contribution in [0.25, 0.3) is 0 Å². The number of carbonyl (C=O) groups is 1. The fourth-order valence-corrected chi connectivity index (χ4v) is 2.70. The van der Waals surface area contributed by atoms with Crippen LogP contribution in [-0.4, -0.2) is 16.1 Å². The molecule has 100 valence electrons. The minimum absolute atomic E-state index is 0.243. The molecule has 0 radical (unpaired) electrons. The second kappa shape index (κ2) is 5.86. The van der Waals surface area contributed by atoms with Crippen molar-refractivity contribution in [1.29, 1.82) is 0 Å². The molecule has 1 aromatic heterocycles. The Morgan fingerprint density at radius 1 is 1.26 bits per heavy atom. The molecule has 0 saturated heterocycles. The maximum absolute atomic E-state index is 12.1. The van der Waals surface area contributed by atoms with E-state index in [1.54, 1.807) is 18.2 Å². The Bertz CT molecular complexity index is 593. The molecule has 1 N–H and O–H groups in total. The van der Waals surface area contributed by atoms with Crippen LogP contribution in [0.2, 0.25) is 10.0 Å². The molecule has 1 heterocycles. The van der Waals surface area contributed by atoms with Gasteiger partial charge < -0.3 is 0 Å². The van der Waals surface area contributed by atoms with Crippen molar-refractivity contribution in [3.05, 3.63) is 38.8 Å². The number of benzene rings is 1. The molecule has 7 heteroatoms. The summed E-state index contributed by atoms with van der Waals surface area (Å²) in [5.41, 5.74) is 0.243. The van der Waals surface area contributed by atoms with Gasteiger partial charge >= 0.3 is 0 Å². The monoisotopic (exact) mass is 315 g/mol. The van der Waals surface area contributed by atoms with Crippen LogP contribution in [0.15, 0.2) is 18.2 Å². The van der Waals surface area contributed by atoms with Gasteiger partial charge in [0.15, 0.2) is 0 Å². The maximum Gasteiger partial charge on any atom is 0.260 e. The smallest absolute Gasteiger partial charge is 0.260 e. The third kappa shape index (κ3) is 3.23. The quantitative estimate of drug-likeness (QED) is 0.922. The summed E-state index contributed by atoms with van der Waals surface area (Å²) in [5, 5.41) is 12.5. The fourth-order valence-electron chi connectivity index (χ4n) is 1.39. The van der Waals surface area contributed by atoms with Crippen LogP contribution in [0.5, 0.6) is 0 Å². The summed E-state index contributed by atoms with van der Waals surface area (Å²) in [6.45, 7) is 4.02. The molecule has 2 aromatic rings. The molecular formula is C12H11Cl2N3OS.